The van der Waals surface area contributed by atoms with Crippen LogP contribution in [0.15, 0.2) is 24.3 Å². The summed E-state index contributed by atoms with van der Waals surface area (Å²) in [5.74, 6) is 1.62. The Morgan fingerprint density at radius 3 is 2.88 bits per heavy atom. The third kappa shape index (κ3) is 3.74. The van der Waals surface area contributed by atoms with Crippen molar-refractivity contribution in [2.45, 2.75) is 32.9 Å². The molecule has 1 atom stereocenters. The molecule has 0 saturated heterocycles. The van der Waals surface area contributed by atoms with Gasteiger partial charge in [-0.05, 0) is 43.2 Å². The summed E-state index contributed by atoms with van der Waals surface area (Å²) in [5, 5.41) is 9.98. The number of aliphatic hydroxyl groups excluding tert-OH is 1. The second-order valence-electron chi connectivity index (χ2n) is 6.22. The number of thiophene rings is 1. The van der Waals surface area contributed by atoms with Gasteiger partial charge >= 0.3 is 0 Å². The average Bonchev–Trinajstić information content (AvgIpc) is 2.91. The fourth-order valence-corrected chi connectivity index (χ4v) is 3.86. The predicted octanol–water partition coefficient (Wildman–Crippen LogP) is 3.70. The molecule has 130 valence electrons. The molecule has 1 aliphatic rings. The maximum absolute atomic E-state index is 9.98. The minimum atomic E-state index is -0.295. The van der Waals surface area contributed by atoms with Crippen LogP contribution in [0.2, 0.25) is 0 Å². The van der Waals surface area contributed by atoms with Crippen molar-refractivity contribution in [1.82, 2.24) is 4.90 Å². The Hall–Kier alpha value is -1.56. The Kier molecular flexibility index (Phi) is 5.43. The largest absolute Gasteiger partial charge is 0.493 e. The molecule has 0 bridgehead atoms. The SMILES string of the molecule is CC[C@H](O)CN1CCOc2c(cc(-c3ccc(C)s3)cc2OC)C1. The molecular formula is C19H25NO3S. The van der Waals surface area contributed by atoms with Gasteiger partial charge in [0.25, 0.3) is 0 Å². The number of nitrogens with zero attached hydrogens (tertiary/aromatic N) is 1. The normalized spacial score (nSPS) is 16.2. The zero-order valence-corrected chi connectivity index (χ0v) is 15.4. The lowest BCUT2D eigenvalue weighted by molar-refractivity contribution is 0.101. The minimum Gasteiger partial charge on any atom is -0.493 e. The number of ether oxygens (including phenoxy) is 2. The van der Waals surface area contributed by atoms with Gasteiger partial charge in [0.2, 0.25) is 0 Å². The van der Waals surface area contributed by atoms with Crippen LogP contribution in [-0.2, 0) is 6.54 Å². The van der Waals surface area contributed by atoms with Gasteiger partial charge in [-0.15, -0.1) is 11.3 Å². The zero-order chi connectivity index (χ0) is 17.1. The first-order valence-electron chi connectivity index (χ1n) is 8.41. The van der Waals surface area contributed by atoms with E-state index in [1.165, 1.54) is 9.75 Å². The van der Waals surface area contributed by atoms with Crippen LogP contribution in [0.4, 0.5) is 0 Å². The van der Waals surface area contributed by atoms with Gasteiger partial charge in [0, 0.05) is 35.0 Å². The molecule has 5 heteroatoms. The van der Waals surface area contributed by atoms with Crippen LogP contribution < -0.4 is 9.47 Å². The summed E-state index contributed by atoms with van der Waals surface area (Å²) in [6.07, 6.45) is 0.471. The smallest absolute Gasteiger partial charge is 0.165 e. The van der Waals surface area contributed by atoms with Gasteiger partial charge in [-0.2, -0.15) is 0 Å². The van der Waals surface area contributed by atoms with Crippen LogP contribution in [0.5, 0.6) is 11.5 Å². The molecule has 0 unspecified atom stereocenters. The number of methoxy groups -OCH3 is 1. The highest BCUT2D eigenvalue weighted by molar-refractivity contribution is 7.15. The Morgan fingerprint density at radius 2 is 2.21 bits per heavy atom. The summed E-state index contributed by atoms with van der Waals surface area (Å²) in [6.45, 7) is 6.98. The van der Waals surface area contributed by atoms with Crippen molar-refractivity contribution in [2.24, 2.45) is 0 Å². The van der Waals surface area contributed by atoms with Crippen molar-refractivity contribution in [3.8, 4) is 21.9 Å². The lowest BCUT2D eigenvalue weighted by Crippen LogP contribution is -2.33. The third-order valence-electron chi connectivity index (χ3n) is 4.36. The Balaban J connectivity index is 1.95. The highest BCUT2D eigenvalue weighted by atomic mass is 32.1. The summed E-state index contributed by atoms with van der Waals surface area (Å²) in [5.41, 5.74) is 2.28. The minimum absolute atomic E-state index is 0.295. The van der Waals surface area contributed by atoms with Crippen molar-refractivity contribution in [3.63, 3.8) is 0 Å². The van der Waals surface area contributed by atoms with Crippen LogP contribution in [0.1, 0.15) is 23.8 Å². The molecule has 0 amide bonds. The van der Waals surface area contributed by atoms with Gasteiger partial charge in [-0.25, -0.2) is 0 Å². The topological polar surface area (TPSA) is 41.9 Å². The Morgan fingerprint density at radius 1 is 1.38 bits per heavy atom. The van der Waals surface area contributed by atoms with Crippen LogP contribution >= 0.6 is 11.3 Å². The van der Waals surface area contributed by atoms with E-state index in [0.29, 0.717) is 13.2 Å². The van der Waals surface area contributed by atoms with E-state index in [-0.39, 0.29) is 6.10 Å². The Labute approximate surface area is 147 Å². The third-order valence-corrected chi connectivity index (χ3v) is 5.41. The summed E-state index contributed by atoms with van der Waals surface area (Å²) in [7, 11) is 1.69. The van der Waals surface area contributed by atoms with Gasteiger partial charge in [-0.1, -0.05) is 6.92 Å². The number of fused-ring (bicyclic) bond motifs is 1. The van der Waals surface area contributed by atoms with E-state index in [1.807, 2.05) is 6.92 Å². The molecule has 3 rings (SSSR count). The van der Waals surface area contributed by atoms with Crippen LogP contribution in [-0.4, -0.2) is 42.9 Å². The number of aliphatic hydroxyl groups is 1. The van der Waals surface area contributed by atoms with Crippen molar-refractivity contribution in [1.29, 1.82) is 0 Å². The van der Waals surface area contributed by atoms with Crippen LogP contribution in [0, 0.1) is 6.92 Å². The summed E-state index contributed by atoms with van der Waals surface area (Å²) in [6, 6.07) is 8.54. The molecule has 0 spiro atoms. The highest BCUT2D eigenvalue weighted by Gasteiger charge is 2.22. The van der Waals surface area contributed by atoms with E-state index in [9.17, 15) is 5.11 Å². The molecule has 24 heavy (non-hydrogen) atoms. The van der Waals surface area contributed by atoms with E-state index in [1.54, 1.807) is 18.4 Å². The molecule has 0 saturated carbocycles. The lowest BCUT2D eigenvalue weighted by Gasteiger charge is -2.22. The maximum Gasteiger partial charge on any atom is 0.165 e. The highest BCUT2D eigenvalue weighted by Crippen LogP contribution is 2.40. The standard InChI is InChI=1S/C19H25NO3S/c1-4-16(21)12-20-7-8-23-19-15(11-20)9-14(10-17(19)22-3)18-6-5-13(2)24-18/h5-6,9-10,16,21H,4,7-8,11-12H2,1-3H3/t16-/m0/s1. The fraction of sp³-hybridized carbons (Fsp3) is 0.474. The Bertz CT molecular complexity index is 698. The van der Waals surface area contributed by atoms with E-state index in [4.69, 9.17) is 9.47 Å². The van der Waals surface area contributed by atoms with E-state index >= 15 is 0 Å². The molecule has 4 nitrogen and oxygen atoms in total. The van der Waals surface area contributed by atoms with Gasteiger partial charge in [0.05, 0.1) is 13.2 Å². The van der Waals surface area contributed by atoms with Crippen LogP contribution in [0.3, 0.4) is 0 Å². The average molecular weight is 347 g/mol. The van der Waals surface area contributed by atoms with Gasteiger partial charge in [-0.3, -0.25) is 4.90 Å². The van der Waals surface area contributed by atoms with Crippen molar-refractivity contribution < 1.29 is 14.6 Å². The summed E-state index contributed by atoms with van der Waals surface area (Å²) < 4.78 is 11.6. The maximum atomic E-state index is 9.98. The number of benzene rings is 1. The summed E-state index contributed by atoms with van der Waals surface area (Å²) in [4.78, 5) is 4.78. The zero-order valence-electron chi connectivity index (χ0n) is 14.5. The number of hydrogen-bond acceptors (Lipinski definition) is 5. The quantitative estimate of drug-likeness (QED) is 0.895. The number of hydrogen-bond donors (Lipinski definition) is 1. The second kappa shape index (κ2) is 7.55. The molecular weight excluding hydrogens is 322 g/mol. The van der Waals surface area contributed by atoms with E-state index in [0.717, 1.165) is 42.1 Å². The first-order valence-corrected chi connectivity index (χ1v) is 9.23. The van der Waals surface area contributed by atoms with Crippen molar-refractivity contribution >= 4 is 11.3 Å². The number of aryl methyl sites for hydroxylation is 1. The molecule has 2 aromatic rings. The molecule has 2 heterocycles. The second-order valence-corrected chi connectivity index (χ2v) is 7.51. The lowest BCUT2D eigenvalue weighted by atomic mass is 10.1. The molecule has 1 N–H and O–H groups in total. The predicted molar refractivity (Wildman–Crippen MR) is 98.1 cm³/mol. The molecule has 0 fully saturated rings. The number of rotatable bonds is 5. The van der Waals surface area contributed by atoms with Gasteiger partial charge in [0.1, 0.15) is 6.61 Å². The van der Waals surface area contributed by atoms with Crippen molar-refractivity contribution in [2.75, 3.05) is 26.8 Å². The number of β-amino-alcohol motifs (C(OH)–C–C–N with tert-alkyl or cyclic N) is 1. The first kappa shape index (κ1) is 17.3. The molecule has 0 aliphatic carbocycles. The van der Waals surface area contributed by atoms with Crippen molar-refractivity contribution in [3.05, 3.63) is 34.7 Å². The molecule has 1 aliphatic heterocycles. The van der Waals surface area contributed by atoms with Crippen LogP contribution in [0.25, 0.3) is 10.4 Å². The summed E-state index contributed by atoms with van der Waals surface area (Å²) >= 11 is 1.78. The van der Waals surface area contributed by atoms with E-state index in [2.05, 4.69) is 36.1 Å². The molecule has 0 radical (unpaired) electrons. The van der Waals surface area contributed by atoms with Gasteiger partial charge < -0.3 is 14.6 Å². The van der Waals surface area contributed by atoms with Gasteiger partial charge in [0.15, 0.2) is 11.5 Å². The molecule has 1 aromatic carbocycles. The van der Waals surface area contributed by atoms with E-state index < -0.39 is 0 Å². The molecule has 1 aromatic heterocycles. The fourth-order valence-electron chi connectivity index (χ4n) is 3.00. The first-order chi connectivity index (χ1) is 11.6. The monoisotopic (exact) mass is 347 g/mol.